The van der Waals surface area contributed by atoms with E-state index in [4.69, 9.17) is 4.42 Å². The van der Waals surface area contributed by atoms with E-state index in [9.17, 15) is 0 Å². The highest BCUT2D eigenvalue weighted by molar-refractivity contribution is 6.22. The van der Waals surface area contributed by atoms with E-state index >= 15 is 0 Å². The van der Waals surface area contributed by atoms with Crippen molar-refractivity contribution in [1.29, 1.82) is 0 Å². The molecule has 0 aliphatic carbocycles. The van der Waals surface area contributed by atoms with Crippen molar-refractivity contribution in [3.63, 3.8) is 0 Å². The minimum atomic E-state index is 0.908. The van der Waals surface area contributed by atoms with Gasteiger partial charge in [0.1, 0.15) is 11.2 Å². The number of nitrogens with zero attached hydrogens (tertiary/aromatic N) is 3. The highest BCUT2D eigenvalue weighted by atomic mass is 16.3. The molecule has 15 rings (SSSR count). The molecule has 0 amide bonds. The first-order chi connectivity index (χ1) is 35.7. The van der Waals surface area contributed by atoms with E-state index in [1.165, 1.54) is 76.5 Å². The van der Waals surface area contributed by atoms with Crippen molar-refractivity contribution in [1.82, 2.24) is 9.13 Å². The summed E-state index contributed by atoms with van der Waals surface area (Å²) in [5.74, 6) is 0. The Morgan fingerprint density at radius 2 is 0.847 bits per heavy atom. The molecule has 12 aromatic carbocycles. The maximum absolute atomic E-state index is 6.34. The number of anilines is 3. The molecule has 15 aromatic rings. The summed E-state index contributed by atoms with van der Waals surface area (Å²) in [6.07, 6.45) is 0. The largest absolute Gasteiger partial charge is 0.456 e. The Morgan fingerprint density at radius 3 is 1.62 bits per heavy atom. The number of fused-ring (bicyclic) bond motifs is 12. The minimum absolute atomic E-state index is 0.908. The summed E-state index contributed by atoms with van der Waals surface area (Å²) in [6, 6.07) is 94.8. The lowest BCUT2D eigenvalue weighted by Crippen LogP contribution is -2.10. The Balaban J connectivity index is 0.814. The molecular weight excluding hydrogens is 875 g/mol. The average molecular weight is 918 g/mol. The number of hydrogen-bond donors (Lipinski definition) is 0. The third-order valence-corrected chi connectivity index (χ3v) is 14.8. The van der Waals surface area contributed by atoms with E-state index in [2.05, 4.69) is 269 Å². The van der Waals surface area contributed by atoms with Gasteiger partial charge in [0.25, 0.3) is 0 Å². The molecule has 0 N–H and O–H groups in total. The molecule has 0 bridgehead atoms. The van der Waals surface area contributed by atoms with Gasteiger partial charge in [0, 0.05) is 66.1 Å². The second-order valence-corrected chi connectivity index (χ2v) is 18.9. The molecule has 0 unspecified atom stereocenters. The smallest absolute Gasteiger partial charge is 0.136 e. The van der Waals surface area contributed by atoms with E-state index in [0.29, 0.717) is 0 Å². The van der Waals surface area contributed by atoms with Crippen LogP contribution in [0.5, 0.6) is 0 Å². The third kappa shape index (κ3) is 6.33. The van der Waals surface area contributed by atoms with Crippen molar-refractivity contribution in [2.75, 3.05) is 4.90 Å². The zero-order chi connectivity index (χ0) is 47.3. The van der Waals surface area contributed by atoms with Crippen LogP contribution in [0.1, 0.15) is 0 Å². The van der Waals surface area contributed by atoms with Crippen LogP contribution in [0.4, 0.5) is 17.1 Å². The SMILES string of the molecule is c1ccc(-n2c3ccc(-c4cccc(-c5ccc(N(c6ccc(-n7c8ccccc8c8ccccc87)cc6)c6ccc7ccccc7c6)cc5)c4)cc3c3ccc4cc5oc6ccccc6c5cc4c32)cc1. The van der Waals surface area contributed by atoms with Crippen LogP contribution in [0.15, 0.2) is 265 Å². The number of para-hydroxylation sites is 4. The Hall–Kier alpha value is -9.64. The molecule has 72 heavy (non-hydrogen) atoms. The maximum atomic E-state index is 6.34. The molecule has 3 aromatic heterocycles. The topological polar surface area (TPSA) is 26.2 Å². The highest BCUT2D eigenvalue weighted by Crippen LogP contribution is 2.43. The van der Waals surface area contributed by atoms with Crippen LogP contribution in [0, 0.1) is 0 Å². The fourth-order valence-corrected chi connectivity index (χ4v) is 11.5. The van der Waals surface area contributed by atoms with Gasteiger partial charge in [0.2, 0.25) is 0 Å². The lowest BCUT2D eigenvalue weighted by Gasteiger charge is -2.26. The first kappa shape index (κ1) is 40.3. The van der Waals surface area contributed by atoms with Gasteiger partial charge in [-0.25, -0.2) is 0 Å². The number of hydrogen-bond acceptors (Lipinski definition) is 2. The van der Waals surface area contributed by atoms with Gasteiger partial charge >= 0.3 is 0 Å². The molecule has 4 heteroatoms. The Kier molecular flexibility index (Phi) is 8.92. The molecule has 0 atom stereocenters. The summed E-state index contributed by atoms with van der Waals surface area (Å²) in [7, 11) is 0. The van der Waals surface area contributed by atoms with E-state index in [0.717, 1.165) is 61.3 Å². The summed E-state index contributed by atoms with van der Waals surface area (Å²) in [4.78, 5) is 2.37. The maximum Gasteiger partial charge on any atom is 0.136 e. The second-order valence-electron chi connectivity index (χ2n) is 18.9. The molecule has 0 radical (unpaired) electrons. The molecule has 0 saturated heterocycles. The number of rotatable bonds is 7. The Bertz CT molecular complexity index is 4560. The molecular formula is C68H43N3O. The molecule has 0 spiro atoms. The lowest BCUT2D eigenvalue weighted by atomic mass is 9.97. The van der Waals surface area contributed by atoms with E-state index in [-0.39, 0.29) is 0 Å². The van der Waals surface area contributed by atoms with Crippen LogP contribution >= 0.6 is 0 Å². The van der Waals surface area contributed by atoms with Gasteiger partial charge in [-0.1, -0.05) is 152 Å². The summed E-state index contributed by atoms with van der Waals surface area (Å²) >= 11 is 0. The predicted octanol–water partition coefficient (Wildman–Crippen LogP) is 18.9. The second kappa shape index (κ2) is 16.0. The van der Waals surface area contributed by atoms with Crippen molar-refractivity contribution in [3.05, 3.63) is 261 Å². The summed E-state index contributed by atoms with van der Waals surface area (Å²) in [5, 5.41) is 12.0. The molecule has 0 saturated carbocycles. The first-order valence-corrected chi connectivity index (χ1v) is 24.6. The number of furan rings is 1. The predicted molar refractivity (Wildman–Crippen MR) is 303 cm³/mol. The van der Waals surface area contributed by atoms with Crippen molar-refractivity contribution in [2.24, 2.45) is 0 Å². The van der Waals surface area contributed by atoms with Crippen LogP contribution in [0.25, 0.3) is 121 Å². The fraction of sp³-hybridized carbons (Fsp3) is 0. The zero-order valence-electron chi connectivity index (χ0n) is 39.1. The summed E-state index contributed by atoms with van der Waals surface area (Å²) in [6.45, 7) is 0. The van der Waals surface area contributed by atoms with Gasteiger partial charge in [-0.3, -0.25) is 0 Å². The van der Waals surface area contributed by atoms with E-state index < -0.39 is 0 Å². The standard InChI is InChI=1S/C68H43N3O/c1-2-17-51(18-3-1)71-65-38-29-49(41-61(65)59-37-28-50-42-67-62(43-60(50)68(59)71)58-21-8-11-24-66(58)72-67)47-16-12-15-46(39-47)45-25-30-52(31-26-45)69(55-32-27-44-13-4-5-14-48(44)40-55)53-33-35-54(36-34-53)70-63-22-9-6-19-56(63)57-20-7-10-23-64(57)70/h1-43H. The van der Waals surface area contributed by atoms with Crippen molar-refractivity contribution < 1.29 is 4.42 Å². The van der Waals surface area contributed by atoms with E-state index in [1.807, 2.05) is 6.07 Å². The summed E-state index contributed by atoms with van der Waals surface area (Å²) < 4.78 is 11.2. The lowest BCUT2D eigenvalue weighted by molar-refractivity contribution is 0.669. The van der Waals surface area contributed by atoms with Crippen molar-refractivity contribution in [2.45, 2.75) is 0 Å². The van der Waals surface area contributed by atoms with Gasteiger partial charge in [-0.05, 0) is 148 Å². The van der Waals surface area contributed by atoms with Crippen molar-refractivity contribution in [3.8, 4) is 33.6 Å². The van der Waals surface area contributed by atoms with Gasteiger partial charge in [-0.2, -0.15) is 0 Å². The number of aromatic nitrogens is 2. The minimum Gasteiger partial charge on any atom is -0.456 e. The average Bonchev–Trinajstić information content (AvgIpc) is 4.10. The first-order valence-electron chi connectivity index (χ1n) is 24.6. The highest BCUT2D eigenvalue weighted by Gasteiger charge is 2.20. The Morgan fingerprint density at radius 1 is 0.264 bits per heavy atom. The normalized spacial score (nSPS) is 11.9. The zero-order valence-corrected chi connectivity index (χ0v) is 39.1. The van der Waals surface area contributed by atoms with Gasteiger partial charge in [0.15, 0.2) is 0 Å². The van der Waals surface area contributed by atoms with Crippen LogP contribution in [0.3, 0.4) is 0 Å². The molecule has 3 heterocycles. The molecule has 0 aliphatic rings. The van der Waals surface area contributed by atoms with E-state index in [1.54, 1.807) is 0 Å². The fourth-order valence-electron chi connectivity index (χ4n) is 11.5. The van der Waals surface area contributed by atoms with Crippen LogP contribution in [-0.4, -0.2) is 9.13 Å². The number of benzene rings is 12. The molecule has 0 aliphatic heterocycles. The van der Waals surface area contributed by atoms with Gasteiger partial charge in [-0.15, -0.1) is 0 Å². The van der Waals surface area contributed by atoms with Crippen molar-refractivity contribution >= 4 is 104 Å². The van der Waals surface area contributed by atoms with Crippen LogP contribution in [-0.2, 0) is 0 Å². The molecule has 0 fully saturated rings. The molecule has 4 nitrogen and oxygen atoms in total. The monoisotopic (exact) mass is 917 g/mol. The Labute approximate surface area is 415 Å². The third-order valence-electron chi connectivity index (χ3n) is 14.8. The quantitative estimate of drug-likeness (QED) is 0.159. The summed E-state index contributed by atoms with van der Waals surface area (Å²) in [5.41, 5.74) is 16.8. The van der Waals surface area contributed by atoms with Crippen LogP contribution < -0.4 is 4.90 Å². The van der Waals surface area contributed by atoms with Crippen LogP contribution in [0.2, 0.25) is 0 Å². The molecule has 336 valence electrons. The van der Waals surface area contributed by atoms with Gasteiger partial charge in [0.05, 0.1) is 22.1 Å². The van der Waals surface area contributed by atoms with Gasteiger partial charge < -0.3 is 18.5 Å².